The van der Waals surface area contributed by atoms with Gasteiger partial charge in [0.2, 0.25) is 0 Å². The molecule has 0 spiro atoms. The van der Waals surface area contributed by atoms with Gasteiger partial charge in [-0.3, -0.25) is 14.2 Å². The minimum atomic E-state index is -1.15. The van der Waals surface area contributed by atoms with Crippen LogP contribution in [-0.2, 0) is 18.9 Å². The first kappa shape index (κ1) is 13.8. The van der Waals surface area contributed by atoms with Gasteiger partial charge in [0.15, 0.2) is 6.04 Å². The van der Waals surface area contributed by atoms with Gasteiger partial charge in [-0.2, -0.15) is 10.2 Å². The lowest BCUT2D eigenvalue weighted by molar-refractivity contribution is -0.139. The lowest BCUT2D eigenvalue weighted by Crippen LogP contribution is -2.33. The van der Waals surface area contributed by atoms with Crippen LogP contribution in [0.2, 0.25) is 0 Å². The van der Waals surface area contributed by atoms with Gasteiger partial charge in [0.1, 0.15) is 0 Å². The molecule has 2 N–H and O–H groups in total. The molecule has 0 saturated heterocycles. The van der Waals surface area contributed by atoms with Gasteiger partial charge in [0, 0.05) is 31.5 Å². The van der Waals surface area contributed by atoms with Crippen LogP contribution < -0.4 is 5.32 Å². The van der Waals surface area contributed by atoms with Gasteiger partial charge < -0.3 is 10.4 Å². The Morgan fingerprint density at radius 1 is 1.30 bits per heavy atom. The van der Waals surface area contributed by atoms with E-state index in [4.69, 9.17) is 0 Å². The summed E-state index contributed by atoms with van der Waals surface area (Å²) in [4.78, 5) is 23.4. The molecule has 0 saturated carbocycles. The van der Waals surface area contributed by atoms with Crippen molar-refractivity contribution in [1.29, 1.82) is 0 Å². The summed E-state index contributed by atoms with van der Waals surface area (Å²) >= 11 is 0. The van der Waals surface area contributed by atoms with Crippen LogP contribution in [0.5, 0.6) is 0 Å². The molecular weight excluding hydrogens is 262 g/mol. The summed E-state index contributed by atoms with van der Waals surface area (Å²) in [5, 5.41) is 19.6. The zero-order valence-electron chi connectivity index (χ0n) is 11.4. The number of carboxylic acids is 1. The number of aryl methyl sites for hydroxylation is 2. The van der Waals surface area contributed by atoms with Crippen molar-refractivity contribution in [3.63, 3.8) is 0 Å². The Bertz CT molecular complexity index is 658. The van der Waals surface area contributed by atoms with E-state index in [2.05, 4.69) is 15.5 Å². The van der Waals surface area contributed by atoms with Crippen LogP contribution in [0.1, 0.15) is 27.7 Å². The zero-order chi connectivity index (χ0) is 14.9. The Labute approximate surface area is 115 Å². The molecule has 2 aromatic rings. The number of nitrogens with zero attached hydrogens (tertiary/aromatic N) is 4. The highest BCUT2D eigenvalue weighted by molar-refractivity contribution is 5.97. The van der Waals surface area contributed by atoms with Crippen molar-refractivity contribution in [2.45, 2.75) is 13.0 Å². The van der Waals surface area contributed by atoms with Gasteiger partial charge >= 0.3 is 5.97 Å². The molecule has 20 heavy (non-hydrogen) atoms. The number of aromatic nitrogens is 4. The molecule has 1 atom stereocenters. The largest absolute Gasteiger partial charge is 0.479 e. The van der Waals surface area contributed by atoms with Crippen molar-refractivity contribution in [3.8, 4) is 0 Å². The van der Waals surface area contributed by atoms with E-state index >= 15 is 0 Å². The lowest BCUT2D eigenvalue weighted by Gasteiger charge is -2.12. The van der Waals surface area contributed by atoms with E-state index in [1.807, 2.05) is 0 Å². The molecule has 0 bridgehead atoms. The van der Waals surface area contributed by atoms with Crippen molar-refractivity contribution in [1.82, 2.24) is 24.9 Å². The Hall–Kier alpha value is -2.64. The fraction of sp³-hybridized carbons (Fsp3) is 0.333. The molecule has 8 heteroatoms. The highest BCUT2D eigenvalue weighted by Gasteiger charge is 2.25. The van der Waals surface area contributed by atoms with E-state index in [0.29, 0.717) is 16.8 Å². The van der Waals surface area contributed by atoms with Gasteiger partial charge in [-0.1, -0.05) is 0 Å². The fourth-order valence-electron chi connectivity index (χ4n) is 1.81. The summed E-state index contributed by atoms with van der Waals surface area (Å²) in [6.45, 7) is 1.74. The number of amides is 1. The molecule has 8 nitrogen and oxygen atoms in total. The van der Waals surface area contributed by atoms with Crippen LogP contribution in [0.25, 0.3) is 0 Å². The maximum absolute atomic E-state index is 12.1. The number of aliphatic carboxylic acids is 1. The number of nitrogens with one attached hydrogen (secondary N) is 1. The van der Waals surface area contributed by atoms with Crippen LogP contribution in [-0.4, -0.2) is 36.5 Å². The Kier molecular flexibility index (Phi) is 3.55. The van der Waals surface area contributed by atoms with Crippen LogP contribution in [0.4, 0.5) is 0 Å². The van der Waals surface area contributed by atoms with Crippen LogP contribution >= 0.6 is 0 Å². The molecule has 0 radical (unpaired) electrons. The Balaban J connectivity index is 2.23. The van der Waals surface area contributed by atoms with Crippen LogP contribution in [0.3, 0.4) is 0 Å². The van der Waals surface area contributed by atoms with Crippen LogP contribution in [0.15, 0.2) is 18.6 Å². The number of carbonyl (C=O) groups is 2. The summed E-state index contributed by atoms with van der Waals surface area (Å²) in [5.74, 6) is -1.63. The van der Waals surface area contributed by atoms with E-state index in [1.165, 1.54) is 17.1 Å². The Morgan fingerprint density at radius 2 is 2.00 bits per heavy atom. The molecular formula is C12H15N5O3. The van der Waals surface area contributed by atoms with E-state index in [0.717, 1.165) is 0 Å². The molecule has 1 unspecified atom stereocenters. The van der Waals surface area contributed by atoms with Crippen molar-refractivity contribution in [2.75, 3.05) is 0 Å². The number of carbonyl (C=O) groups excluding carboxylic acids is 1. The molecule has 0 fully saturated rings. The zero-order valence-corrected chi connectivity index (χ0v) is 11.4. The predicted molar refractivity (Wildman–Crippen MR) is 69.0 cm³/mol. The third-order valence-corrected chi connectivity index (χ3v) is 3.06. The van der Waals surface area contributed by atoms with Crippen LogP contribution in [0, 0.1) is 6.92 Å². The van der Waals surface area contributed by atoms with E-state index in [1.54, 1.807) is 31.9 Å². The molecule has 0 aliphatic carbocycles. The second kappa shape index (κ2) is 5.16. The molecule has 106 valence electrons. The van der Waals surface area contributed by atoms with E-state index in [9.17, 15) is 14.7 Å². The van der Waals surface area contributed by atoms with E-state index < -0.39 is 17.9 Å². The highest BCUT2D eigenvalue weighted by atomic mass is 16.4. The standard InChI is InChI=1S/C12H15N5O3/c1-7-9(5-14-17(7)3)11(18)15-10(12(19)20)8-4-13-16(2)6-8/h4-6,10H,1-3H3,(H,15,18)(H,19,20). The van der Waals surface area contributed by atoms with Gasteiger partial charge in [-0.25, -0.2) is 4.79 Å². The molecule has 0 aliphatic heterocycles. The van der Waals surface area contributed by atoms with Crippen molar-refractivity contribution >= 4 is 11.9 Å². The summed E-state index contributed by atoms with van der Waals surface area (Å²) in [5.41, 5.74) is 1.43. The van der Waals surface area contributed by atoms with E-state index in [-0.39, 0.29) is 0 Å². The molecule has 2 rings (SSSR count). The van der Waals surface area contributed by atoms with Crippen molar-refractivity contribution < 1.29 is 14.7 Å². The average Bonchev–Trinajstić information content (AvgIpc) is 2.94. The first-order valence-electron chi connectivity index (χ1n) is 5.91. The Morgan fingerprint density at radius 3 is 2.45 bits per heavy atom. The second-order valence-electron chi connectivity index (χ2n) is 4.46. The first-order chi connectivity index (χ1) is 9.40. The number of rotatable bonds is 4. The summed E-state index contributed by atoms with van der Waals surface area (Å²) in [6, 6.07) is -1.14. The topological polar surface area (TPSA) is 102 Å². The highest BCUT2D eigenvalue weighted by Crippen LogP contribution is 2.14. The summed E-state index contributed by atoms with van der Waals surface area (Å²) < 4.78 is 3.03. The maximum atomic E-state index is 12.1. The monoisotopic (exact) mass is 277 g/mol. The molecule has 0 aliphatic rings. The summed E-state index contributed by atoms with van der Waals surface area (Å²) in [6.07, 6.45) is 4.37. The third kappa shape index (κ3) is 2.53. The quantitative estimate of drug-likeness (QED) is 0.820. The lowest BCUT2D eigenvalue weighted by atomic mass is 10.1. The molecule has 2 heterocycles. The minimum absolute atomic E-state index is 0.350. The predicted octanol–water partition coefficient (Wildman–Crippen LogP) is 0.0177. The first-order valence-corrected chi connectivity index (χ1v) is 5.91. The van der Waals surface area contributed by atoms with Gasteiger partial charge in [-0.05, 0) is 6.92 Å². The van der Waals surface area contributed by atoms with Gasteiger partial charge in [0.25, 0.3) is 5.91 Å². The normalized spacial score (nSPS) is 12.2. The molecule has 2 aromatic heterocycles. The average molecular weight is 277 g/mol. The van der Waals surface area contributed by atoms with Crippen molar-refractivity contribution in [2.24, 2.45) is 14.1 Å². The number of hydrogen-bond acceptors (Lipinski definition) is 4. The number of carboxylic acid groups (broad SMARTS) is 1. The van der Waals surface area contributed by atoms with Gasteiger partial charge in [0.05, 0.1) is 18.0 Å². The molecule has 1 amide bonds. The third-order valence-electron chi connectivity index (χ3n) is 3.06. The number of hydrogen-bond donors (Lipinski definition) is 2. The van der Waals surface area contributed by atoms with Crippen molar-refractivity contribution in [3.05, 3.63) is 35.4 Å². The maximum Gasteiger partial charge on any atom is 0.331 e. The second-order valence-corrected chi connectivity index (χ2v) is 4.46. The van der Waals surface area contributed by atoms with Gasteiger partial charge in [-0.15, -0.1) is 0 Å². The fourth-order valence-corrected chi connectivity index (χ4v) is 1.81. The molecule has 0 aromatic carbocycles. The summed E-state index contributed by atoms with van der Waals surface area (Å²) in [7, 11) is 3.39. The minimum Gasteiger partial charge on any atom is -0.479 e. The smallest absolute Gasteiger partial charge is 0.331 e. The SMILES string of the molecule is Cc1c(C(=O)NC(C(=O)O)c2cnn(C)c2)cnn1C.